The first-order valence-electron chi connectivity index (χ1n) is 7.37. The first-order chi connectivity index (χ1) is 12.5. The van der Waals surface area contributed by atoms with E-state index in [0.717, 1.165) is 13.1 Å². The smallest absolute Gasteiger partial charge is 0.386 e. The van der Waals surface area contributed by atoms with Crippen LogP contribution in [0.4, 0.5) is 22.0 Å². The summed E-state index contributed by atoms with van der Waals surface area (Å²) in [6.45, 7) is 3.15. The maximum atomic E-state index is 13.2. The highest BCUT2D eigenvalue weighted by Gasteiger charge is 2.41. The van der Waals surface area contributed by atoms with Gasteiger partial charge in [-0.1, -0.05) is 23.3 Å². The maximum absolute atomic E-state index is 13.2. The van der Waals surface area contributed by atoms with Crippen LogP contribution in [0.25, 0.3) is 17.0 Å². The van der Waals surface area contributed by atoms with Crippen molar-refractivity contribution in [2.75, 3.05) is 7.05 Å². The second kappa shape index (κ2) is 7.91. The van der Waals surface area contributed by atoms with E-state index in [0.29, 0.717) is 11.1 Å². The van der Waals surface area contributed by atoms with Crippen molar-refractivity contribution >= 4 is 23.3 Å². The second-order valence-electron chi connectivity index (χ2n) is 5.39. The van der Waals surface area contributed by atoms with Gasteiger partial charge in [-0.05, 0) is 23.8 Å². The Bertz CT molecular complexity index is 918. The Morgan fingerprint density at radius 1 is 1.30 bits per heavy atom. The summed E-state index contributed by atoms with van der Waals surface area (Å²) in [5, 5.41) is 12.8. The molecule has 0 bridgehead atoms. The summed E-state index contributed by atoms with van der Waals surface area (Å²) in [5.41, 5.74) is -2.15. The molecule has 0 aliphatic carbocycles. The topological polar surface area (TPSA) is 61.9 Å². The molecule has 4 nitrogen and oxygen atoms in total. The van der Waals surface area contributed by atoms with Gasteiger partial charge in [0.05, 0.1) is 11.5 Å². The average Bonchev–Trinajstić information content (AvgIpc) is 3.02. The molecule has 0 aliphatic heterocycles. The van der Waals surface area contributed by atoms with Gasteiger partial charge in [0.15, 0.2) is 5.76 Å². The van der Waals surface area contributed by atoms with Gasteiger partial charge >= 0.3 is 6.18 Å². The van der Waals surface area contributed by atoms with E-state index >= 15 is 0 Å². The molecule has 1 aromatic carbocycles. The lowest BCUT2D eigenvalue weighted by Crippen LogP contribution is -2.23. The van der Waals surface area contributed by atoms with Crippen LogP contribution >= 0.6 is 11.6 Å². The zero-order valence-corrected chi connectivity index (χ0v) is 14.6. The number of allylic oxidation sites excluding steroid dienone is 2. The minimum absolute atomic E-state index is 0.0482. The zero-order chi connectivity index (χ0) is 20.4. The van der Waals surface area contributed by atoms with Crippen molar-refractivity contribution < 1.29 is 26.5 Å². The molecule has 0 fully saturated rings. The Morgan fingerprint density at radius 2 is 1.96 bits per heavy atom. The van der Waals surface area contributed by atoms with Crippen LogP contribution < -0.4 is 5.32 Å². The Hall–Kier alpha value is -2.68. The van der Waals surface area contributed by atoms with Crippen LogP contribution in [0.3, 0.4) is 0 Å². The number of rotatable bonds is 6. The van der Waals surface area contributed by atoms with Crippen molar-refractivity contribution in [1.82, 2.24) is 10.5 Å². The Morgan fingerprint density at radius 3 is 2.48 bits per heavy atom. The van der Waals surface area contributed by atoms with Gasteiger partial charge in [-0.15, -0.1) is 0 Å². The largest absolute Gasteiger partial charge is 0.422 e. The fraction of sp³-hybridized carbons (Fsp3) is 0.176. The van der Waals surface area contributed by atoms with Crippen LogP contribution in [0.15, 0.2) is 46.8 Å². The lowest BCUT2D eigenvalue weighted by atomic mass is 10.0. The Labute approximate surface area is 155 Å². The van der Waals surface area contributed by atoms with E-state index in [-0.39, 0.29) is 22.9 Å². The van der Waals surface area contributed by atoms with Crippen LogP contribution in [-0.4, -0.2) is 24.3 Å². The average molecular weight is 406 g/mol. The molecule has 2 rings (SSSR count). The lowest BCUT2D eigenvalue weighted by molar-refractivity contribution is -0.0865. The number of halogens is 6. The van der Waals surface area contributed by atoms with Crippen LogP contribution in [0.2, 0.25) is 5.02 Å². The summed E-state index contributed by atoms with van der Waals surface area (Å²) in [5.74, 6) is -2.73. The van der Waals surface area contributed by atoms with Crippen molar-refractivity contribution in [3.63, 3.8) is 0 Å². The lowest BCUT2D eigenvalue weighted by Gasteiger charge is -2.13. The van der Waals surface area contributed by atoms with Crippen LogP contribution in [0.1, 0.15) is 11.3 Å². The van der Waals surface area contributed by atoms with Gasteiger partial charge in [-0.3, -0.25) is 5.41 Å². The predicted molar refractivity (Wildman–Crippen MR) is 91.8 cm³/mol. The number of benzene rings is 1. The molecule has 144 valence electrons. The van der Waals surface area contributed by atoms with Gasteiger partial charge in [0, 0.05) is 30.1 Å². The first kappa shape index (κ1) is 20.6. The molecule has 0 aliphatic rings. The fourth-order valence-electron chi connectivity index (χ4n) is 2.36. The molecule has 1 aromatic heterocycles. The number of nitrogens with zero attached hydrogens (tertiary/aromatic N) is 1. The third kappa shape index (κ3) is 4.73. The molecule has 2 aromatic rings. The zero-order valence-electron chi connectivity index (χ0n) is 13.8. The third-order valence-corrected chi connectivity index (χ3v) is 3.85. The highest BCUT2D eigenvalue weighted by molar-refractivity contribution is 6.31. The van der Waals surface area contributed by atoms with Gasteiger partial charge in [0.2, 0.25) is 5.97 Å². The third-order valence-electron chi connectivity index (χ3n) is 3.48. The molecule has 0 spiro atoms. The van der Waals surface area contributed by atoms with Crippen LogP contribution in [0.5, 0.6) is 0 Å². The normalized spacial score (nSPS) is 12.6. The first-order valence-corrected chi connectivity index (χ1v) is 7.75. The molecule has 0 atom stereocenters. The van der Waals surface area contributed by atoms with E-state index in [2.05, 4.69) is 17.1 Å². The molecule has 0 unspecified atom stereocenters. The van der Waals surface area contributed by atoms with E-state index < -0.39 is 29.2 Å². The van der Waals surface area contributed by atoms with E-state index in [1.165, 1.54) is 18.2 Å². The molecule has 2 N–H and O–H groups in total. The highest BCUT2D eigenvalue weighted by atomic mass is 35.5. The van der Waals surface area contributed by atoms with E-state index in [4.69, 9.17) is 21.5 Å². The van der Waals surface area contributed by atoms with E-state index in [1.807, 2.05) is 0 Å². The van der Waals surface area contributed by atoms with Crippen molar-refractivity contribution in [1.29, 1.82) is 5.41 Å². The quantitative estimate of drug-likeness (QED) is 0.495. The van der Waals surface area contributed by atoms with Crippen molar-refractivity contribution in [2.45, 2.75) is 12.6 Å². The number of alkyl halides is 3. The van der Waals surface area contributed by atoms with Gasteiger partial charge < -0.3 is 9.84 Å². The maximum Gasteiger partial charge on any atom is 0.422 e. The molecular weight excluding hydrogens is 393 g/mol. The molecule has 0 saturated carbocycles. The summed E-state index contributed by atoms with van der Waals surface area (Å²) < 4.78 is 70.4. The van der Waals surface area contributed by atoms with Gasteiger partial charge in [-0.2, -0.15) is 17.6 Å². The molecule has 10 heteroatoms. The summed E-state index contributed by atoms with van der Waals surface area (Å²) in [6, 6.07) is 5.58. The molecule has 0 amide bonds. The van der Waals surface area contributed by atoms with Crippen LogP contribution in [0, 0.1) is 5.41 Å². The summed E-state index contributed by atoms with van der Waals surface area (Å²) >= 11 is 5.97. The molecule has 0 saturated heterocycles. The molecular formula is C17H13ClF5N3O. The summed E-state index contributed by atoms with van der Waals surface area (Å²) in [7, 11) is 1.13. The monoisotopic (exact) mass is 405 g/mol. The predicted octanol–water partition coefficient (Wildman–Crippen LogP) is 5.46. The SMILES string of the molecule is C=C(F)Cc1cc(-c2cc(/C(NC)=C(/C(=N)F)C(F)(F)F)no2)ccc1Cl. The molecule has 0 radical (unpaired) electrons. The van der Waals surface area contributed by atoms with Crippen LogP contribution in [-0.2, 0) is 6.42 Å². The number of hydrogen-bond donors (Lipinski definition) is 2. The Balaban J connectivity index is 2.52. The van der Waals surface area contributed by atoms with Crippen molar-refractivity contribution in [3.05, 3.63) is 58.5 Å². The molecule has 27 heavy (non-hydrogen) atoms. The minimum Gasteiger partial charge on any atom is -0.386 e. The fourth-order valence-corrected chi connectivity index (χ4v) is 2.54. The van der Waals surface area contributed by atoms with Crippen molar-refractivity contribution in [3.8, 4) is 11.3 Å². The highest BCUT2D eigenvalue weighted by Crippen LogP contribution is 2.34. The van der Waals surface area contributed by atoms with E-state index in [1.54, 1.807) is 0 Å². The van der Waals surface area contributed by atoms with Gasteiger partial charge in [0.25, 0.3) is 0 Å². The standard InChI is InChI=1S/C17H13ClF5N3O/c1-8(19)5-10-6-9(3-4-11(10)18)13-7-12(26-27-13)15(25-2)14(16(20)24)17(21,22)23/h3-4,6-7,24-25H,1,5H2,2H3/b15-14+,24-16?. The number of hydrogen-bond acceptors (Lipinski definition) is 4. The van der Waals surface area contributed by atoms with E-state index in [9.17, 15) is 22.0 Å². The van der Waals surface area contributed by atoms with Gasteiger partial charge in [0.1, 0.15) is 11.3 Å². The number of nitrogens with one attached hydrogen (secondary N) is 2. The molecule has 1 heterocycles. The minimum atomic E-state index is -5.11. The second-order valence-corrected chi connectivity index (χ2v) is 5.80. The summed E-state index contributed by atoms with van der Waals surface area (Å²) in [6.07, 6.45) is -5.26. The number of aromatic nitrogens is 1. The Kier molecular flexibility index (Phi) is 6.04. The van der Waals surface area contributed by atoms with Crippen molar-refractivity contribution in [2.24, 2.45) is 0 Å². The summed E-state index contributed by atoms with van der Waals surface area (Å²) in [4.78, 5) is 0. The van der Waals surface area contributed by atoms with Gasteiger partial charge in [-0.25, -0.2) is 4.39 Å².